The van der Waals surface area contributed by atoms with Crippen LogP contribution in [-0.2, 0) is 9.84 Å². The maximum absolute atomic E-state index is 12.6. The quantitative estimate of drug-likeness (QED) is 0.839. The van der Waals surface area contributed by atoms with Crippen molar-refractivity contribution in [2.45, 2.75) is 11.8 Å². The highest BCUT2D eigenvalue weighted by Crippen LogP contribution is 2.42. The van der Waals surface area contributed by atoms with Gasteiger partial charge in [-0.05, 0) is 36.8 Å². The van der Waals surface area contributed by atoms with Crippen molar-refractivity contribution in [3.63, 3.8) is 0 Å². The number of fused-ring (bicyclic) bond motifs is 1. The maximum atomic E-state index is 12.6. The third kappa shape index (κ3) is 2.71. The van der Waals surface area contributed by atoms with Crippen LogP contribution in [0, 0.1) is 18.3 Å². The summed E-state index contributed by atoms with van der Waals surface area (Å²) in [5.41, 5.74) is 2.06. The van der Waals surface area contributed by atoms with Gasteiger partial charge in [0.25, 0.3) is 0 Å². The van der Waals surface area contributed by atoms with Crippen LogP contribution in [0.3, 0.4) is 0 Å². The van der Waals surface area contributed by atoms with Crippen molar-refractivity contribution in [1.29, 1.82) is 5.26 Å². The first-order valence-corrected chi connectivity index (χ1v) is 8.89. The van der Waals surface area contributed by atoms with E-state index in [2.05, 4.69) is 0 Å². The lowest BCUT2D eigenvalue weighted by atomic mass is 10.1. The minimum Gasteiger partial charge on any atom is -0.493 e. The normalized spacial score (nSPS) is 15.0. The second kappa shape index (κ2) is 6.15. The van der Waals surface area contributed by atoms with Crippen LogP contribution >= 0.6 is 0 Å². The molecular formula is C18H16N2O4S. The maximum Gasteiger partial charge on any atom is 0.220 e. The molecule has 0 N–H and O–H groups in total. The van der Waals surface area contributed by atoms with Gasteiger partial charge in [-0.2, -0.15) is 5.26 Å². The third-order valence-corrected chi connectivity index (χ3v) is 5.65. The van der Waals surface area contributed by atoms with E-state index in [1.807, 2.05) is 6.92 Å². The SMILES string of the molecule is COc1ccc(N2C=C(C#N)S(=O)(=O)c3ccc(C)cc32)cc1OC. The van der Waals surface area contributed by atoms with E-state index < -0.39 is 9.84 Å². The fourth-order valence-electron chi connectivity index (χ4n) is 2.69. The van der Waals surface area contributed by atoms with E-state index in [0.717, 1.165) is 5.56 Å². The van der Waals surface area contributed by atoms with Crippen LogP contribution in [0.15, 0.2) is 52.4 Å². The van der Waals surface area contributed by atoms with Crippen molar-refractivity contribution < 1.29 is 17.9 Å². The molecule has 25 heavy (non-hydrogen) atoms. The molecule has 7 heteroatoms. The predicted molar refractivity (Wildman–Crippen MR) is 93.7 cm³/mol. The largest absolute Gasteiger partial charge is 0.493 e. The first-order valence-electron chi connectivity index (χ1n) is 7.41. The number of nitrogens with zero attached hydrogens (tertiary/aromatic N) is 2. The number of hydrogen-bond donors (Lipinski definition) is 0. The molecule has 0 radical (unpaired) electrons. The lowest BCUT2D eigenvalue weighted by Gasteiger charge is -2.28. The van der Waals surface area contributed by atoms with E-state index in [9.17, 15) is 13.7 Å². The second-order valence-electron chi connectivity index (χ2n) is 5.49. The van der Waals surface area contributed by atoms with Gasteiger partial charge in [-0.1, -0.05) is 6.07 Å². The monoisotopic (exact) mass is 356 g/mol. The number of rotatable bonds is 3. The molecule has 0 spiro atoms. The summed E-state index contributed by atoms with van der Waals surface area (Å²) < 4.78 is 35.7. The summed E-state index contributed by atoms with van der Waals surface area (Å²) in [6.07, 6.45) is 1.33. The molecule has 0 aliphatic carbocycles. The first-order chi connectivity index (χ1) is 11.9. The summed E-state index contributed by atoms with van der Waals surface area (Å²) in [7, 11) is -0.753. The van der Waals surface area contributed by atoms with Crippen molar-refractivity contribution in [1.82, 2.24) is 0 Å². The Morgan fingerprint density at radius 2 is 1.76 bits per heavy atom. The van der Waals surface area contributed by atoms with E-state index in [4.69, 9.17) is 9.47 Å². The van der Waals surface area contributed by atoms with Gasteiger partial charge in [-0.3, -0.25) is 0 Å². The highest BCUT2D eigenvalue weighted by Gasteiger charge is 2.32. The molecule has 0 bridgehead atoms. The van der Waals surface area contributed by atoms with Crippen molar-refractivity contribution in [3.8, 4) is 17.6 Å². The van der Waals surface area contributed by atoms with Crippen LogP contribution in [-0.4, -0.2) is 22.6 Å². The van der Waals surface area contributed by atoms with E-state index in [-0.39, 0.29) is 9.80 Å². The third-order valence-electron chi connectivity index (χ3n) is 3.95. The van der Waals surface area contributed by atoms with E-state index in [0.29, 0.717) is 22.9 Å². The zero-order valence-electron chi connectivity index (χ0n) is 14.0. The van der Waals surface area contributed by atoms with Crippen LogP contribution in [0.4, 0.5) is 11.4 Å². The molecular weight excluding hydrogens is 340 g/mol. The summed E-state index contributed by atoms with van der Waals surface area (Å²) in [5.74, 6) is 1.07. The lowest BCUT2D eigenvalue weighted by molar-refractivity contribution is 0.355. The highest BCUT2D eigenvalue weighted by atomic mass is 32.2. The Hall–Kier alpha value is -2.98. The number of nitriles is 1. The Morgan fingerprint density at radius 1 is 1.04 bits per heavy atom. The first kappa shape index (κ1) is 16.9. The van der Waals surface area contributed by atoms with Gasteiger partial charge in [-0.25, -0.2) is 8.42 Å². The number of allylic oxidation sites excluding steroid dienone is 1. The number of methoxy groups -OCH3 is 2. The topological polar surface area (TPSA) is 79.6 Å². The molecule has 1 heterocycles. The van der Waals surface area contributed by atoms with Gasteiger partial charge in [0.1, 0.15) is 6.07 Å². The average Bonchev–Trinajstić information content (AvgIpc) is 2.61. The molecule has 2 aromatic rings. The molecule has 0 atom stereocenters. The van der Waals surface area contributed by atoms with Crippen LogP contribution in [0.25, 0.3) is 0 Å². The van der Waals surface area contributed by atoms with Gasteiger partial charge >= 0.3 is 0 Å². The second-order valence-corrected chi connectivity index (χ2v) is 7.38. The summed E-state index contributed by atoms with van der Waals surface area (Å²) in [4.78, 5) is 1.47. The van der Waals surface area contributed by atoms with Gasteiger partial charge in [0.05, 0.1) is 24.8 Å². The summed E-state index contributed by atoms with van der Waals surface area (Å²) in [6, 6.07) is 12.0. The van der Waals surface area contributed by atoms with Gasteiger partial charge < -0.3 is 14.4 Å². The zero-order chi connectivity index (χ0) is 18.2. The van der Waals surface area contributed by atoms with Crippen molar-refractivity contribution in [3.05, 3.63) is 53.1 Å². The van der Waals surface area contributed by atoms with E-state index in [1.165, 1.54) is 26.5 Å². The Balaban J connectivity index is 2.26. The summed E-state index contributed by atoms with van der Waals surface area (Å²) >= 11 is 0. The molecule has 3 rings (SSSR count). The predicted octanol–water partition coefficient (Wildman–Crippen LogP) is 3.30. The number of ether oxygens (including phenoxy) is 2. The molecule has 2 aromatic carbocycles. The zero-order valence-corrected chi connectivity index (χ0v) is 14.8. The van der Waals surface area contributed by atoms with E-state index >= 15 is 0 Å². The minimum absolute atomic E-state index is 0.104. The molecule has 0 aromatic heterocycles. The lowest BCUT2D eigenvalue weighted by Crippen LogP contribution is -2.21. The number of sulfone groups is 1. The molecule has 0 unspecified atom stereocenters. The Bertz CT molecular complexity index is 1020. The minimum atomic E-state index is -3.82. The number of aryl methyl sites for hydroxylation is 1. The van der Waals surface area contributed by atoms with Gasteiger partial charge in [-0.15, -0.1) is 0 Å². The van der Waals surface area contributed by atoms with E-state index in [1.54, 1.807) is 41.3 Å². The number of benzene rings is 2. The summed E-state index contributed by atoms with van der Waals surface area (Å²) in [5, 5.41) is 9.29. The van der Waals surface area contributed by atoms with Crippen LogP contribution in [0.1, 0.15) is 5.56 Å². The molecule has 0 amide bonds. The Kier molecular flexibility index (Phi) is 4.15. The van der Waals surface area contributed by atoms with Gasteiger partial charge in [0.2, 0.25) is 9.84 Å². The molecule has 128 valence electrons. The van der Waals surface area contributed by atoms with Crippen molar-refractivity contribution in [2.24, 2.45) is 0 Å². The molecule has 0 saturated carbocycles. The molecule has 6 nitrogen and oxygen atoms in total. The van der Waals surface area contributed by atoms with Crippen molar-refractivity contribution in [2.75, 3.05) is 19.1 Å². The molecule has 1 aliphatic heterocycles. The average molecular weight is 356 g/mol. The Morgan fingerprint density at radius 3 is 2.40 bits per heavy atom. The smallest absolute Gasteiger partial charge is 0.220 e. The fourth-order valence-corrected chi connectivity index (χ4v) is 3.98. The number of anilines is 2. The van der Waals surface area contributed by atoms with Crippen LogP contribution < -0.4 is 14.4 Å². The number of hydrogen-bond acceptors (Lipinski definition) is 6. The van der Waals surface area contributed by atoms with Crippen molar-refractivity contribution >= 4 is 21.2 Å². The highest BCUT2D eigenvalue weighted by molar-refractivity contribution is 7.95. The molecule has 1 aliphatic rings. The van der Waals surface area contributed by atoms with Crippen LogP contribution in [0.2, 0.25) is 0 Å². The molecule has 0 saturated heterocycles. The fraction of sp³-hybridized carbons (Fsp3) is 0.167. The van der Waals surface area contributed by atoms with Gasteiger partial charge in [0.15, 0.2) is 16.4 Å². The summed E-state index contributed by atoms with van der Waals surface area (Å²) in [6.45, 7) is 1.88. The Labute approximate surface area is 146 Å². The van der Waals surface area contributed by atoms with Gasteiger partial charge in [0, 0.05) is 18.0 Å². The molecule has 0 fully saturated rings. The standard InChI is InChI=1S/C18H16N2O4S/c1-12-4-7-18-15(8-12)20(11-14(10-19)25(18,21)22)13-5-6-16(23-2)17(9-13)24-3/h4-9,11H,1-3H3. The van der Waals surface area contributed by atoms with Crippen LogP contribution in [0.5, 0.6) is 11.5 Å².